The van der Waals surface area contributed by atoms with Gasteiger partial charge < -0.3 is 18.1 Å². The van der Waals surface area contributed by atoms with Crippen LogP contribution >= 0.6 is 15.2 Å². The van der Waals surface area contributed by atoms with Gasteiger partial charge in [0, 0.05) is 0 Å². The summed E-state index contributed by atoms with van der Waals surface area (Å²) >= 11 is 0. The number of hydrogen-bond donors (Lipinski definition) is 0. The lowest BCUT2D eigenvalue weighted by Crippen LogP contribution is -2.26. The molecule has 32 heavy (non-hydrogen) atoms. The molecule has 0 saturated heterocycles. The molecule has 2 unspecified atom stereocenters. The molecule has 0 amide bonds. The number of carbonyl (C=O) groups excluding carboxylic acids is 2. The minimum atomic E-state index is -3.57. The van der Waals surface area contributed by atoms with Crippen molar-refractivity contribution in [3.8, 4) is 0 Å². The molecule has 0 aliphatic rings. The van der Waals surface area contributed by atoms with E-state index >= 15 is 0 Å². The first-order chi connectivity index (χ1) is 14.5. The third-order valence-electron chi connectivity index (χ3n) is 3.49. The molecule has 0 aliphatic heterocycles. The zero-order valence-electron chi connectivity index (χ0n) is 20.9. The van der Waals surface area contributed by atoms with Gasteiger partial charge >= 0.3 is 27.1 Å². The Morgan fingerprint density at radius 3 is 0.938 bits per heavy atom. The molecule has 0 aromatic carbocycles. The molecule has 0 aromatic rings. The first-order valence-corrected chi connectivity index (χ1v) is 14.3. The van der Waals surface area contributed by atoms with Crippen molar-refractivity contribution in [2.45, 2.75) is 93.7 Å². The van der Waals surface area contributed by atoms with Crippen molar-refractivity contribution in [1.82, 2.24) is 0 Å². The van der Waals surface area contributed by atoms with Gasteiger partial charge in [-0.15, -0.1) is 0 Å². The van der Waals surface area contributed by atoms with Crippen molar-refractivity contribution < 1.29 is 46.6 Å². The van der Waals surface area contributed by atoms with Gasteiger partial charge in [0.2, 0.25) is 0 Å². The Morgan fingerprint density at radius 2 is 0.750 bits per heavy atom. The fourth-order valence-electron chi connectivity index (χ4n) is 2.57. The Bertz CT molecular complexity index is 604. The summed E-state index contributed by atoms with van der Waals surface area (Å²) in [7, 11) is -7.15. The van der Waals surface area contributed by atoms with Gasteiger partial charge in [0.15, 0.2) is 0 Å². The van der Waals surface area contributed by atoms with Crippen LogP contribution in [-0.4, -0.2) is 48.7 Å². The monoisotopic (exact) mass is 502 g/mol. The van der Waals surface area contributed by atoms with Crippen molar-refractivity contribution in [2.24, 2.45) is 11.8 Å². The quantitative estimate of drug-likeness (QED) is 0.174. The highest BCUT2D eigenvalue weighted by molar-refractivity contribution is 7.54. The molecule has 0 N–H and O–H groups in total. The average Bonchev–Trinajstić information content (AvgIpc) is 2.55. The van der Waals surface area contributed by atoms with Gasteiger partial charge in [-0.2, -0.15) is 0 Å². The Morgan fingerprint density at radius 1 is 0.531 bits per heavy atom. The highest BCUT2D eigenvalue weighted by Crippen LogP contribution is 2.53. The first-order valence-electron chi connectivity index (χ1n) is 10.8. The van der Waals surface area contributed by atoms with E-state index in [-0.39, 0.29) is 36.7 Å². The van der Waals surface area contributed by atoms with Crippen LogP contribution in [0.25, 0.3) is 0 Å². The standard InChI is InChI=1S/C20H40O10P2/c1-13(2)27-31(23,28-14(3)4)11-17(9)19(21)25-26-20(22)18(10)12-32(24,29-15(5)6)30-16(7)8/h13-18H,11-12H2,1-10H3. The molecule has 12 heteroatoms. The van der Waals surface area contributed by atoms with E-state index < -0.39 is 39.0 Å². The minimum Gasteiger partial charge on any atom is -0.306 e. The predicted octanol–water partition coefficient (Wildman–Crippen LogP) is 5.35. The first kappa shape index (κ1) is 31.2. The lowest BCUT2D eigenvalue weighted by molar-refractivity contribution is -0.263. The van der Waals surface area contributed by atoms with Crippen LogP contribution in [0.2, 0.25) is 0 Å². The summed E-state index contributed by atoms with van der Waals surface area (Å²) < 4.78 is 47.5. The van der Waals surface area contributed by atoms with Crippen LogP contribution < -0.4 is 0 Å². The van der Waals surface area contributed by atoms with E-state index in [0.29, 0.717) is 0 Å². The largest absolute Gasteiger partial charge is 0.358 e. The summed E-state index contributed by atoms with van der Waals surface area (Å²) in [5, 5.41) is 0. The highest BCUT2D eigenvalue weighted by atomic mass is 31.2. The van der Waals surface area contributed by atoms with Crippen LogP contribution in [0.1, 0.15) is 69.2 Å². The Kier molecular flexibility index (Phi) is 13.5. The Hall–Kier alpha value is -0.760. The number of hydrogen-bond acceptors (Lipinski definition) is 10. The normalized spacial score (nSPS) is 14.8. The van der Waals surface area contributed by atoms with E-state index in [2.05, 4.69) is 9.78 Å². The van der Waals surface area contributed by atoms with E-state index in [4.69, 9.17) is 18.1 Å². The third-order valence-corrected chi connectivity index (χ3v) is 8.45. The van der Waals surface area contributed by atoms with E-state index in [1.165, 1.54) is 13.8 Å². The smallest absolute Gasteiger partial charge is 0.306 e. The molecule has 0 bridgehead atoms. The third kappa shape index (κ3) is 13.1. The molecule has 190 valence electrons. The number of rotatable bonds is 14. The second-order valence-corrected chi connectivity index (χ2v) is 12.8. The summed E-state index contributed by atoms with van der Waals surface area (Å²) in [6.07, 6.45) is -1.99. The van der Waals surface area contributed by atoms with Crippen molar-refractivity contribution >= 4 is 27.1 Å². The molecule has 0 aliphatic carbocycles. The van der Waals surface area contributed by atoms with Gasteiger partial charge in [-0.25, -0.2) is 19.4 Å². The lowest BCUT2D eigenvalue weighted by Gasteiger charge is -2.25. The fourth-order valence-corrected chi connectivity index (χ4v) is 7.23. The summed E-state index contributed by atoms with van der Waals surface area (Å²) in [5.74, 6) is -3.68. The molecule has 0 fully saturated rings. The lowest BCUT2D eigenvalue weighted by atomic mass is 10.2. The maximum Gasteiger partial charge on any atom is 0.358 e. The predicted molar refractivity (Wildman–Crippen MR) is 120 cm³/mol. The van der Waals surface area contributed by atoms with E-state index in [9.17, 15) is 18.7 Å². The Balaban J connectivity index is 4.96. The van der Waals surface area contributed by atoms with Crippen molar-refractivity contribution in [2.75, 3.05) is 12.3 Å². The van der Waals surface area contributed by atoms with Crippen LogP contribution in [0.4, 0.5) is 0 Å². The molecular formula is C20H40O10P2. The Labute approximate surface area is 192 Å². The van der Waals surface area contributed by atoms with Crippen molar-refractivity contribution in [3.63, 3.8) is 0 Å². The number of carbonyl (C=O) groups is 2. The summed E-state index contributed by atoms with van der Waals surface area (Å²) in [6, 6.07) is 0. The maximum atomic E-state index is 12.9. The van der Waals surface area contributed by atoms with Gasteiger partial charge in [-0.1, -0.05) is 13.8 Å². The molecule has 2 atom stereocenters. The molecular weight excluding hydrogens is 462 g/mol. The van der Waals surface area contributed by atoms with Crippen molar-refractivity contribution in [3.05, 3.63) is 0 Å². The molecule has 0 spiro atoms. The van der Waals surface area contributed by atoms with E-state index in [1.807, 2.05) is 0 Å². The van der Waals surface area contributed by atoms with Crippen LogP contribution in [0.15, 0.2) is 0 Å². The van der Waals surface area contributed by atoms with Crippen LogP contribution in [0, 0.1) is 11.8 Å². The topological polar surface area (TPSA) is 124 Å². The summed E-state index contributed by atoms with van der Waals surface area (Å²) in [5.41, 5.74) is 0. The highest BCUT2D eigenvalue weighted by Gasteiger charge is 2.36. The summed E-state index contributed by atoms with van der Waals surface area (Å²) in [4.78, 5) is 33.8. The van der Waals surface area contributed by atoms with Gasteiger partial charge in [0.1, 0.15) is 0 Å². The molecule has 0 radical (unpaired) electrons. The zero-order valence-corrected chi connectivity index (χ0v) is 22.6. The maximum absolute atomic E-state index is 12.9. The molecule has 0 heterocycles. The molecule has 0 rings (SSSR count). The van der Waals surface area contributed by atoms with Crippen LogP contribution in [0.3, 0.4) is 0 Å². The second kappa shape index (κ2) is 13.8. The van der Waals surface area contributed by atoms with E-state index in [0.717, 1.165) is 0 Å². The van der Waals surface area contributed by atoms with Crippen LogP contribution in [0.5, 0.6) is 0 Å². The van der Waals surface area contributed by atoms with E-state index in [1.54, 1.807) is 55.4 Å². The fraction of sp³-hybridized carbons (Fsp3) is 0.900. The van der Waals surface area contributed by atoms with Gasteiger partial charge in [-0.3, -0.25) is 9.13 Å². The second-order valence-electron chi connectivity index (χ2n) is 8.81. The van der Waals surface area contributed by atoms with Crippen LogP contribution in [-0.2, 0) is 46.6 Å². The van der Waals surface area contributed by atoms with Gasteiger partial charge in [0.25, 0.3) is 0 Å². The van der Waals surface area contributed by atoms with Gasteiger partial charge in [0.05, 0.1) is 48.6 Å². The zero-order chi connectivity index (χ0) is 25.3. The average molecular weight is 502 g/mol. The molecule has 10 nitrogen and oxygen atoms in total. The SMILES string of the molecule is CC(C)OP(=O)(CC(C)C(=O)OOC(=O)C(C)CP(=O)(OC(C)C)OC(C)C)OC(C)C. The van der Waals surface area contributed by atoms with Gasteiger partial charge in [-0.05, 0) is 55.4 Å². The van der Waals surface area contributed by atoms with Crippen molar-refractivity contribution in [1.29, 1.82) is 0 Å². The molecule has 0 saturated carbocycles. The molecule has 0 aromatic heterocycles. The summed E-state index contributed by atoms with van der Waals surface area (Å²) in [6.45, 7) is 16.5. The minimum absolute atomic E-state index is 0.241.